The average molecular weight is 296 g/mol. The maximum atomic E-state index is 12.6. The molecule has 0 aromatic heterocycles. The van der Waals surface area contributed by atoms with Gasteiger partial charge in [0.15, 0.2) is 0 Å². The van der Waals surface area contributed by atoms with Crippen LogP contribution in [-0.4, -0.2) is 47.8 Å². The zero-order chi connectivity index (χ0) is 16.2. The molecule has 0 aromatic carbocycles. The normalized spacial score (nSPS) is 22.8. The van der Waals surface area contributed by atoms with Gasteiger partial charge in [0.1, 0.15) is 0 Å². The van der Waals surface area contributed by atoms with Crippen molar-refractivity contribution in [3.05, 3.63) is 0 Å². The highest BCUT2D eigenvalue weighted by Gasteiger charge is 2.32. The molecule has 122 valence electrons. The SMILES string of the molecule is CC(C)CN(CC(C)C)C(=O)C(=O)N1CC(C)CC(C)C1. The Kier molecular flexibility index (Phi) is 6.69. The Balaban J connectivity index is 2.74. The van der Waals surface area contributed by atoms with Crippen molar-refractivity contribution in [3.8, 4) is 0 Å². The van der Waals surface area contributed by atoms with Crippen LogP contribution in [0.4, 0.5) is 0 Å². The smallest absolute Gasteiger partial charge is 0.312 e. The fourth-order valence-corrected chi connectivity index (χ4v) is 3.22. The summed E-state index contributed by atoms with van der Waals surface area (Å²) in [7, 11) is 0. The van der Waals surface area contributed by atoms with Gasteiger partial charge in [-0.2, -0.15) is 0 Å². The zero-order valence-corrected chi connectivity index (χ0v) is 14.6. The Bertz CT molecular complexity index is 346. The first-order chi connectivity index (χ1) is 9.70. The first-order valence-electron chi connectivity index (χ1n) is 8.28. The number of nitrogens with zero attached hydrogens (tertiary/aromatic N) is 2. The second-order valence-electron chi connectivity index (χ2n) is 7.65. The molecule has 21 heavy (non-hydrogen) atoms. The number of carbonyl (C=O) groups is 2. The molecule has 0 saturated carbocycles. The number of amides is 2. The molecule has 1 aliphatic heterocycles. The van der Waals surface area contributed by atoms with E-state index in [1.54, 1.807) is 9.80 Å². The van der Waals surface area contributed by atoms with Crippen molar-refractivity contribution in [2.24, 2.45) is 23.7 Å². The maximum absolute atomic E-state index is 12.6. The van der Waals surface area contributed by atoms with Crippen molar-refractivity contribution in [1.82, 2.24) is 9.80 Å². The Morgan fingerprint density at radius 3 is 1.81 bits per heavy atom. The van der Waals surface area contributed by atoms with E-state index in [0.717, 1.165) is 6.42 Å². The highest BCUT2D eigenvalue weighted by Crippen LogP contribution is 2.21. The fraction of sp³-hybridized carbons (Fsp3) is 0.882. The first-order valence-corrected chi connectivity index (χ1v) is 8.28. The molecule has 1 heterocycles. The number of piperidine rings is 1. The van der Waals surface area contributed by atoms with Gasteiger partial charge in [-0.15, -0.1) is 0 Å². The van der Waals surface area contributed by atoms with Crippen LogP contribution in [0, 0.1) is 23.7 Å². The monoisotopic (exact) mass is 296 g/mol. The van der Waals surface area contributed by atoms with Gasteiger partial charge < -0.3 is 9.80 Å². The zero-order valence-electron chi connectivity index (χ0n) is 14.6. The van der Waals surface area contributed by atoms with Gasteiger partial charge in [-0.25, -0.2) is 0 Å². The largest absolute Gasteiger partial charge is 0.334 e. The van der Waals surface area contributed by atoms with E-state index in [2.05, 4.69) is 41.5 Å². The molecule has 2 atom stereocenters. The summed E-state index contributed by atoms with van der Waals surface area (Å²) in [6.07, 6.45) is 1.14. The van der Waals surface area contributed by atoms with Crippen LogP contribution in [0.15, 0.2) is 0 Å². The third-order valence-corrected chi connectivity index (χ3v) is 3.80. The van der Waals surface area contributed by atoms with Crippen LogP contribution in [0.5, 0.6) is 0 Å². The molecule has 2 amide bonds. The van der Waals surface area contributed by atoms with E-state index < -0.39 is 0 Å². The Hall–Kier alpha value is -1.06. The lowest BCUT2D eigenvalue weighted by molar-refractivity contribution is -0.154. The van der Waals surface area contributed by atoms with Gasteiger partial charge in [-0.3, -0.25) is 9.59 Å². The minimum absolute atomic E-state index is 0.310. The molecule has 2 unspecified atom stereocenters. The highest BCUT2D eigenvalue weighted by molar-refractivity contribution is 6.34. The highest BCUT2D eigenvalue weighted by atomic mass is 16.2. The molecular formula is C17H32N2O2. The van der Waals surface area contributed by atoms with Crippen LogP contribution in [-0.2, 0) is 9.59 Å². The molecule has 0 bridgehead atoms. The molecule has 1 rings (SSSR count). The maximum Gasteiger partial charge on any atom is 0.312 e. The third-order valence-electron chi connectivity index (χ3n) is 3.80. The van der Waals surface area contributed by atoms with Crippen molar-refractivity contribution < 1.29 is 9.59 Å². The van der Waals surface area contributed by atoms with Crippen LogP contribution in [0.25, 0.3) is 0 Å². The number of hydrogen-bond donors (Lipinski definition) is 0. The van der Waals surface area contributed by atoms with Crippen molar-refractivity contribution in [3.63, 3.8) is 0 Å². The summed E-state index contributed by atoms with van der Waals surface area (Å²) in [6, 6.07) is 0. The molecule has 4 nitrogen and oxygen atoms in total. The summed E-state index contributed by atoms with van der Waals surface area (Å²) in [6.45, 7) is 15.4. The van der Waals surface area contributed by atoms with E-state index in [0.29, 0.717) is 49.9 Å². The van der Waals surface area contributed by atoms with Gasteiger partial charge in [-0.1, -0.05) is 41.5 Å². The summed E-state index contributed by atoms with van der Waals surface area (Å²) in [4.78, 5) is 28.6. The van der Waals surface area contributed by atoms with Crippen LogP contribution >= 0.6 is 0 Å². The molecule has 0 N–H and O–H groups in total. The quantitative estimate of drug-likeness (QED) is 0.748. The summed E-state index contributed by atoms with van der Waals surface area (Å²) >= 11 is 0. The van der Waals surface area contributed by atoms with E-state index >= 15 is 0 Å². The second-order valence-corrected chi connectivity index (χ2v) is 7.65. The van der Waals surface area contributed by atoms with E-state index in [-0.39, 0.29) is 11.8 Å². The van der Waals surface area contributed by atoms with E-state index in [4.69, 9.17) is 0 Å². The Morgan fingerprint density at radius 2 is 1.43 bits per heavy atom. The minimum Gasteiger partial charge on any atom is -0.334 e. The Labute approximate surface area is 129 Å². The van der Waals surface area contributed by atoms with Crippen molar-refractivity contribution in [2.75, 3.05) is 26.2 Å². The topological polar surface area (TPSA) is 40.6 Å². The third kappa shape index (κ3) is 5.68. The summed E-state index contributed by atoms with van der Waals surface area (Å²) in [5, 5.41) is 0. The van der Waals surface area contributed by atoms with Crippen molar-refractivity contribution in [1.29, 1.82) is 0 Å². The molecule has 0 aliphatic carbocycles. The number of carbonyl (C=O) groups excluding carboxylic acids is 2. The lowest BCUT2D eigenvalue weighted by atomic mass is 9.92. The van der Waals surface area contributed by atoms with Gasteiger partial charge in [0.25, 0.3) is 0 Å². The number of likely N-dealkylation sites (tertiary alicyclic amines) is 1. The molecule has 1 fully saturated rings. The predicted molar refractivity (Wildman–Crippen MR) is 85.8 cm³/mol. The average Bonchev–Trinajstić information content (AvgIpc) is 2.33. The number of rotatable bonds is 4. The lowest BCUT2D eigenvalue weighted by Crippen LogP contribution is -2.51. The summed E-state index contributed by atoms with van der Waals surface area (Å²) in [5.74, 6) is 1.08. The first kappa shape index (κ1) is 18.0. The van der Waals surface area contributed by atoms with Gasteiger partial charge >= 0.3 is 11.8 Å². The molecule has 0 radical (unpaired) electrons. The molecule has 1 saturated heterocycles. The minimum atomic E-state index is -0.321. The molecular weight excluding hydrogens is 264 g/mol. The van der Waals surface area contributed by atoms with Crippen LogP contribution < -0.4 is 0 Å². The van der Waals surface area contributed by atoms with Gasteiger partial charge in [0, 0.05) is 26.2 Å². The predicted octanol–water partition coefficient (Wildman–Crippen LogP) is 2.63. The molecule has 1 aliphatic rings. The van der Waals surface area contributed by atoms with Crippen LogP contribution in [0.3, 0.4) is 0 Å². The van der Waals surface area contributed by atoms with Gasteiger partial charge in [0.05, 0.1) is 0 Å². The van der Waals surface area contributed by atoms with E-state index in [1.165, 1.54) is 0 Å². The second kappa shape index (κ2) is 7.81. The van der Waals surface area contributed by atoms with Crippen LogP contribution in [0.2, 0.25) is 0 Å². The standard InChI is InChI=1S/C17H32N2O2/c1-12(2)8-18(9-13(3)4)16(20)17(21)19-10-14(5)7-15(6)11-19/h12-15H,7-11H2,1-6H3. The van der Waals surface area contributed by atoms with Gasteiger partial charge in [-0.05, 0) is 30.1 Å². The van der Waals surface area contributed by atoms with Crippen LogP contribution in [0.1, 0.15) is 48.0 Å². The molecule has 0 aromatic rings. The van der Waals surface area contributed by atoms with Gasteiger partial charge in [0.2, 0.25) is 0 Å². The van der Waals surface area contributed by atoms with Crippen molar-refractivity contribution in [2.45, 2.75) is 48.0 Å². The van der Waals surface area contributed by atoms with E-state index in [1.807, 2.05) is 0 Å². The molecule has 4 heteroatoms. The van der Waals surface area contributed by atoms with E-state index in [9.17, 15) is 9.59 Å². The lowest BCUT2D eigenvalue weighted by Gasteiger charge is -2.36. The Morgan fingerprint density at radius 1 is 1.00 bits per heavy atom. The molecule has 0 spiro atoms. The number of hydrogen-bond acceptors (Lipinski definition) is 2. The summed E-state index contributed by atoms with van der Waals surface area (Å²) < 4.78 is 0. The van der Waals surface area contributed by atoms with Crippen molar-refractivity contribution >= 4 is 11.8 Å². The fourth-order valence-electron chi connectivity index (χ4n) is 3.22. The summed E-state index contributed by atoms with van der Waals surface area (Å²) in [5.41, 5.74) is 0.